The van der Waals surface area contributed by atoms with E-state index in [-0.39, 0.29) is 0 Å². The fraction of sp³-hybridized carbons (Fsp3) is 0.217. The molecule has 140 valence electrons. The van der Waals surface area contributed by atoms with Crippen molar-refractivity contribution in [2.75, 3.05) is 13.7 Å². The van der Waals surface area contributed by atoms with Gasteiger partial charge >= 0.3 is 0 Å². The number of benzene rings is 3. The molecule has 0 saturated carbocycles. The molecule has 0 unspecified atom stereocenters. The highest BCUT2D eigenvalue weighted by molar-refractivity contribution is 6.31. The first kappa shape index (κ1) is 19.3. The lowest BCUT2D eigenvalue weighted by atomic mass is 10.1. The number of ether oxygens (including phenoxy) is 2. The number of rotatable bonds is 9. The van der Waals surface area contributed by atoms with Gasteiger partial charge in [0.25, 0.3) is 0 Å². The van der Waals surface area contributed by atoms with Crippen molar-refractivity contribution in [2.24, 2.45) is 0 Å². The van der Waals surface area contributed by atoms with E-state index in [0.29, 0.717) is 6.61 Å². The topological polar surface area (TPSA) is 30.5 Å². The van der Waals surface area contributed by atoms with Crippen LogP contribution < -0.4 is 14.8 Å². The number of hydrogen-bond donors (Lipinski definition) is 1. The molecule has 3 rings (SSSR count). The van der Waals surface area contributed by atoms with Crippen molar-refractivity contribution in [1.29, 1.82) is 0 Å². The van der Waals surface area contributed by atoms with Gasteiger partial charge < -0.3 is 14.8 Å². The first-order chi connectivity index (χ1) is 13.3. The first-order valence-electron chi connectivity index (χ1n) is 9.04. The third-order valence-corrected chi connectivity index (χ3v) is 4.69. The molecular weight excluding hydrogens is 358 g/mol. The summed E-state index contributed by atoms with van der Waals surface area (Å²) in [7, 11) is 1.67. The molecule has 0 spiro atoms. The van der Waals surface area contributed by atoms with E-state index in [4.69, 9.17) is 21.1 Å². The molecule has 0 saturated heterocycles. The molecule has 3 nitrogen and oxygen atoms in total. The van der Waals surface area contributed by atoms with E-state index in [9.17, 15) is 0 Å². The van der Waals surface area contributed by atoms with Gasteiger partial charge in [-0.1, -0.05) is 66.2 Å². The van der Waals surface area contributed by atoms with E-state index in [1.807, 2.05) is 54.6 Å². The van der Waals surface area contributed by atoms with Crippen LogP contribution in [0.5, 0.6) is 11.5 Å². The van der Waals surface area contributed by atoms with Gasteiger partial charge in [0.15, 0.2) is 11.5 Å². The maximum atomic E-state index is 6.19. The minimum absolute atomic E-state index is 0.616. The molecule has 3 aromatic carbocycles. The van der Waals surface area contributed by atoms with Gasteiger partial charge in [-0.15, -0.1) is 0 Å². The van der Waals surface area contributed by atoms with Crippen LogP contribution in [-0.2, 0) is 19.5 Å². The van der Waals surface area contributed by atoms with Crippen LogP contribution in [0.4, 0.5) is 0 Å². The fourth-order valence-corrected chi connectivity index (χ4v) is 3.05. The highest BCUT2D eigenvalue weighted by atomic mass is 35.5. The average molecular weight is 382 g/mol. The molecule has 0 aliphatic heterocycles. The van der Waals surface area contributed by atoms with Crippen LogP contribution in [0.1, 0.15) is 16.7 Å². The predicted octanol–water partition coefficient (Wildman–Crippen LogP) is 5.26. The highest BCUT2D eigenvalue weighted by Gasteiger charge is 2.06. The standard InChI is InChI=1S/C23H24ClNO2/c1-26-23-15-19(16-25-17-20-9-5-6-10-21(20)24)11-12-22(23)27-14-13-18-7-3-2-4-8-18/h2-12,15,25H,13-14,16-17H2,1H3. The Hall–Kier alpha value is -2.49. The van der Waals surface area contributed by atoms with Crippen molar-refractivity contribution < 1.29 is 9.47 Å². The van der Waals surface area contributed by atoms with Gasteiger partial charge in [0.2, 0.25) is 0 Å². The van der Waals surface area contributed by atoms with Gasteiger partial charge in [-0.3, -0.25) is 0 Å². The molecule has 3 aromatic rings. The Morgan fingerprint density at radius 3 is 2.37 bits per heavy atom. The minimum atomic E-state index is 0.616. The van der Waals surface area contributed by atoms with Crippen LogP contribution in [0.15, 0.2) is 72.8 Å². The Balaban J connectivity index is 1.53. The van der Waals surface area contributed by atoms with Crippen LogP contribution in [0, 0.1) is 0 Å². The molecule has 0 radical (unpaired) electrons. The van der Waals surface area contributed by atoms with Crippen LogP contribution in [0.25, 0.3) is 0 Å². The van der Waals surface area contributed by atoms with Gasteiger partial charge in [0.05, 0.1) is 13.7 Å². The third-order valence-electron chi connectivity index (χ3n) is 4.32. The minimum Gasteiger partial charge on any atom is -0.493 e. The molecule has 0 aromatic heterocycles. The lowest BCUT2D eigenvalue weighted by molar-refractivity contribution is 0.297. The van der Waals surface area contributed by atoms with Crippen molar-refractivity contribution in [3.63, 3.8) is 0 Å². The molecule has 0 amide bonds. The number of methoxy groups -OCH3 is 1. The predicted molar refractivity (Wildman–Crippen MR) is 111 cm³/mol. The summed E-state index contributed by atoms with van der Waals surface area (Å²) in [6.07, 6.45) is 0.866. The summed E-state index contributed by atoms with van der Waals surface area (Å²) in [6, 6.07) is 24.2. The van der Waals surface area contributed by atoms with Crippen molar-refractivity contribution in [2.45, 2.75) is 19.5 Å². The number of hydrogen-bond acceptors (Lipinski definition) is 3. The molecule has 1 N–H and O–H groups in total. The second kappa shape index (κ2) is 10.0. The first-order valence-corrected chi connectivity index (χ1v) is 9.42. The largest absolute Gasteiger partial charge is 0.493 e. The molecule has 27 heavy (non-hydrogen) atoms. The molecule has 0 fully saturated rings. The average Bonchev–Trinajstić information content (AvgIpc) is 2.71. The van der Waals surface area contributed by atoms with Crippen LogP contribution in [0.2, 0.25) is 5.02 Å². The summed E-state index contributed by atoms with van der Waals surface area (Å²) >= 11 is 6.19. The normalized spacial score (nSPS) is 10.6. The zero-order valence-corrected chi connectivity index (χ0v) is 16.2. The molecule has 0 bridgehead atoms. The monoisotopic (exact) mass is 381 g/mol. The summed E-state index contributed by atoms with van der Waals surface area (Å²) in [6.45, 7) is 2.06. The summed E-state index contributed by atoms with van der Waals surface area (Å²) in [5.41, 5.74) is 3.48. The van der Waals surface area contributed by atoms with E-state index in [0.717, 1.165) is 47.2 Å². The van der Waals surface area contributed by atoms with Crippen LogP contribution >= 0.6 is 11.6 Å². The molecule has 0 aliphatic carbocycles. The summed E-state index contributed by atoms with van der Waals surface area (Å²) in [4.78, 5) is 0. The van der Waals surface area contributed by atoms with Gasteiger partial charge in [0.1, 0.15) is 0 Å². The Labute approximate surface area is 165 Å². The highest BCUT2D eigenvalue weighted by Crippen LogP contribution is 2.28. The third kappa shape index (κ3) is 5.75. The zero-order valence-electron chi connectivity index (χ0n) is 15.5. The Morgan fingerprint density at radius 1 is 0.815 bits per heavy atom. The molecule has 0 heterocycles. The lowest BCUT2D eigenvalue weighted by Crippen LogP contribution is -2.13. The Kier molecular flexibility index (Phi) is 7.14. The second-order valence-corrected chi connectivity index (χ2v) is 6.67. The Bertz CT molecular complexity index is 852. The smallest absolute Gasteiger partial charge is 0.161 e. The fourth-order valence-electron chi connectivity index (χ4n) is 2.85. The van der Waals surface area contributed by atoms with Crippen LogP contribution in [0.3, 0.4) is 0 Å². The number of halogens is 1. The van der Waals surface area contributed by atoms with E-state index < -0.39 is 0 Å². The molecule has 4 heteroatoms. The van der Waals surface area contributed by atoms with E-state index in [2.05, 4.69) is 23.5 Å². The number of nitrogens with one attached hydrogen (secondary N) is 1. The van der Waals surface area contributed by atoms with Crippen molar-refractivity contribution >= 4 is 11.6 Å². The quantitative estimate of drug-likeness (QED) is 0.548. The summed E-state index contributed by atoms with van der Waals surface area (Å²) in [5, 5.41) is 4.20. The van der Waals surface area contributed by atoms with E-state index in [1.54, 1.807) is 7.11 Å². The van der Waals surface area contributed by atoms with Crippen molar-refractivity contribution in [3.8, 4) is 11.5 Å². The van der Waals surface area contributed by atoms with E-state index >= 15 is 0 Å². The van der Waals surface area contributed by atoms with Crippen molar-refractivity contribution in [1.82, 2.24) is 5.32 Å². The molecule has 0 atom stereocenters. The van der Waals surface area contributed by atoms with Crippen molar-refractivity contribution in [3.05, 3.63) is 94.5 Å². The lowest BCUT2D eigenvalue weighted by Gasteiger charge is -2.13. The van der Waals surface area contributed by atoms with Gasteiger partial charge in [-0.2, -0.15) is 0 Å². The SMILES string of the molecule is COc1cc(CNCc2ccccc2Cl)ccc1OCCc1ccccc1. The van der Waals surface area contributed by atoms with Gasteiger partial charge in [-0.05, 0) is 34.9 Å². The molecule has 0 aliphatic rings. The van der Waals surface area contributed by atoms with Gasteiger partial charge in [-0.25, -0.2) is 0 Å². The maximum Gasteiger partial charge on any atom is 0.161 e. The second-order valence-electron chi connectivity index (χ2n) is 6.26. The zero-order chi connectivity index (χ0) is 18.9. The van der Waals surface area contributed by atoms with E-state index in [1.165, 1.54) is 5.56 Å². The van der Waals surface area contributed by atoms with Gasteiger partial charge in [0, 0.05) is 24.5 Å². The molecular formula is C23H24ClNO2. The Morgan fingerprint density at radius 2 is 1.59 bits per heavy atom. The summed E-state index contributed by atoms with van der Waals surface area (Å²) in [5.74, 6) is 1.52. The maximum absolute atomic E-state index is 6.19. The van der Waals surface area contributed by atoms with Crippen LogP contribution in [-0.4, -0.2) is 13.7 Å². The summed E-state index contributed by atoms with van der Waals surface area (Å²) < 4.78 is 11.4.